The maximum Gasteiger partial charge on any atom is 0.319 e. The van der Waals surface area contributed by atoms with E-state index < -0.39 is 0 Å². The number of nitrogens with one attached hydrogen (secondary N) is 2. The number of urea groups is 1. The molecule has 2 N–H and O–H groups in total. The molecule has 0 saturated carbocycles. The number of hydrogen-bond acceptors (Lipinski definition) is 1. The van der Waals surface area contributed by atoms with Gasteiger partial charge in [-0.1, -0.05) is 18.2 Å². The Bertz CT molecular complexity index is 631. The molecule has 0 saturated heterocycles. The topological polar surface area (TPSA) is 41.1 Å². The Balaban J connectivity index is 1.94. The number of benzene rings is 2. The van der Waals surface area contributed by atoms with Crippen molar-refractivity contribution >= 4 is 34.3 Å². The first-order chi connectivity index (χ1) is 9.56. The number of anilines is 1. The van der Waals surface area contributed by atoms with Gasteiger partial charge in [0.25, 0.3) is 0 Å². The number of aryl methyl sites for hydroxylation is 1. The Kier molecular flexibility index (Phi) is 4.94. The van der Waals surface area contributed by atoms with Gasteiger partial charge in [-0.2, -0.15) is 0 Å². The maximum atomic E-state index is 13.4. The van der Waals surface area contributed by atoms with E-state index in [9.17, 15) is 9.18 Å². The van der Waals surface area contributed by atoms with E-state index in [0.717, 1.165) is 14.8 Å². The lowest BCUT2D eigenvalue weighted by molar-refractivity contribution is 0.251. The monoisotopic (exact) mass is 384 g/mol. The summed E-state index contributed by atoms with van der Waals surface area (Å²) in [5.41, 5.74) is 2.19. The van der Waals surface area contributed by atoms with Crippen molar-refractivity contribution < 1.29 is 9.18 Å². The minimum absolute atomic E-state index is 0.155. The molecule has 2 aromatic carbocycles. The summed E-state index contributed by atoms with van der Waals surface area (Å²) in [6.07, 6.45) is 0. The van der Waals surface area contributed by atoms with Crippen molar-refractivity contribution in [2.75, 3.05) is 5.32 Å². The average Bonchev–Trinajstić information content (AvgIpc) is 2.41. The highest BCUT2D eigenvalue weighted by Crippen LogP contribution is 2.17. The van der Waals surface area contributed by atoms with E-state index in [-0.39, 0.29) is 18.4 Å². The van der Waals surface area contributed by atoms with Crippen LogP contribution in [0.1, 0.15) is 11.1 Å². The summed E-state index contributed by atoms with van der Waals surface area (Å²) in [5, 5.41) is 5.39. The van der Waals surface area contributed by atoms with Crippen molar-refractivity contribution in [3.63, 3.8) is 0 Å². The minimum Gasteiger partial charge on any atom is -0.334 e. The van der Waals surface area contributed by atoms with Crippen LogP contribution in [0.4, 0.5) is 14.9 Å². The second-order valence-corrected chi connectivity index (χ2v) is 5.60. The first-order valence-electron chi connectivity index (χ1n) is 6.10. The summed E-state index contributed by atoms with van der Waals surface area (Å²) in [7, 11) is 0. The number of rotatable bonds is 3. The quantitative estimate of drug-likeness (QED) is 0.770. The zero-order valence-electron chi connectivity index (χ0n) is 10.9. The number of hydrogen-bond donors (Lipinski definition) is 2. The summed E-state index contributed by atoms with van der Waals surface area (Å²) >= 11 is 2.21. The molecule has 0 bridgehead atoms. The molecule has 0 radical (unpaired) electrons. The third-order valence-electron chi connectivity index (χ3n) is 2.83. The first-order valence-corrected chi connectivity index (χ1v) is 7.18. The Morgan fingerprint density at radius 2 is 2.00 bits per heavy atom. The fraction of sp³-hybridized carbons (Fsp3) is 0.133. The molecule has 0 aliphatic heterocycles. The number of carbonyl (C=O) groups is 1. The standard InChI is InChI=1S/C15H14FIN2O/c1-10-8-12(17)6-7-14(10)19-15(20)18-9-11-4-2-3-5-13(11)16/h2-8H,9H2,1H3,(H2,18,19,20). The predicted octanol–water partition coefficient (Wildman–Crippen LogP) is 4.06. The van der Waals surface area contributed by atoms with Crippen molar-refractivity contribution in [1.82, 2.24) is 5.32 Å². The van der Waals surface area contributed by atoms with E-state index in [1.54, 1.807) is 18.2 Å². The summed E-state index contributed by atoms with van der Waals surface area (Å²) in [5.74, 6) is -0.321. The van der Waals surface area contributed by atoms with Crippen molar-refractivity contribution in [1.29, 1.82) is 0 Å². The Hall–Kier alpha value is -1.63. The second kappa shape index (κ2) is 6.69. The van der Waals surface area contributed by atoms with Crippen molar-refractivity contribution in [2.24, 2.45) is 0 Å². The molecule has 0 aromatic heterocycles. The highest BCUT2D eigenvalue weighted by molar-refractivity contribution is 14.1. The van der Waals surface area contributed by atoms with Gasteiger partial charge in [-0.15, -0.1) is 0 Å². The Morgan fingerprint density at radius 1 is 1.25 bits per heavy atom. The SMILES string of the molecule is Cc1cc(I)ccc1NC(=O)NCc1ccccc1F. The smallest absolute Gasteiger partial charge is 0.319 e. The largest absolute Gasteiger partial charge is 0.334 e. The molecule has 0 aliphatic carbocycles. The number of carbonyl (C=O) groups excluding carboxylic acids is 1. The molecule has 104 valence electrons. The van der Waals surface area contributed by atoms with Crippen LogP contribution in [0.2, 0.25) is 0 Å². The second-order valence-electron chi connectivity index (χ2n) is 4.36. The predicted molar refractivity (Wildman–Crippen MR) is 86.2 cm³/mol. The van der Waals surface area contributed by atoms with Gasteiger partial charge in [0, 0.05) is 21.4 Å². The fourth-order valence-electron chi connectivity index (χ4n) is 1.75. The minimum atomic E-state index is -0.349. The zero-order chi connectivity index (χ0) is 14.5. The molecule has 3 nitrogen and oxygen atoms in total. The molecule has 5 heteroatoms. The number of halogens is 2. The van der Waals surface area contributed by atoms with Gasteiger partial charge in [-0.05, 0) is 59.3 Å². The van der Waals surface area contributed by atoms with Gasteiger partial charge in [0.2, 0.25) is 0 Å². The van der Waals surface area contributed by atoms with E-state index in [1.165, 1.54) is 6.07 Å². The van der Waals surface area contributed by atoms with Crippen LogP contribution in [0, 0.1) is 16.3 Å². The fourth-order valence-corrected chi connectivity index (χ4v) is 2.40. The average molecular weight is 384 g/mol. The lowest BCUT2D eigenvalue weighted by atomic mass is 10.2. The highest BCUT2D eigenvalue weighted by atomic mass is 127. The normalized spacial score (nSPS) is 10.2. The highest BCUT2D eigenvalue weighted by Gasteiger charge is 2.06. The van der Waals surface area contributed by atoms with Crippen LogP contribution < -0.4 is 10.6 Å². The number of amides is 2. The van der Waals surface area contributed by atoms with Crippen LogP contribution in [-0.4, -0.2) is 6.03 Å². The molecule has 2 amide bonds. The summed E-state index contributed by atoms with van der Waals surface area (Å²) in [4.78, 5) is 11.8. The van der Waals surface area contributed by atoms with E-state index in [4.69, 9.17) is 0 Å². The maximum absolute atomic E-state index is 13.4. The molecular formula is C15H14FIN2O. The molecule has 0 unspecified atom stereocenters. The van der Waals surface area contributed by atoms with Crippen LogP contribution in [0.5, 0.6) is 0 Å². The molecular weight excluding hydrogens is 370 g/mol. The van der Waals surface area contributed by atoms with Crippen LogP contribution in [0.3, 0.4) is 0 Å². The lowest BCUT2D eigenvalue weighted by Gasteiger charge is -2.10. The summed E-state index contributed by atoms with van der Waals surface area (Å²) in [6.45, 7) is 2.08. The van der Waals surface area contributed by atoms with Gasteiger partial charge < -0.3 is 10.6 Å². The van der Waals surface area contributed by atoms with E-state index in [1.807, 2.05) is 25.1 Å². The first kappa shape index (κ1) is 14.8. The Labute approximate surface area is 130 Å². The molecule has 0 fully saturated rings. The van der Waals surface area contributed by atoms with Crippen LogP contribution in [0.25, 0.3) is 0 Å². The lowest BCUT2D eigenvalue weighted by Crippen LogP contribution is -2.28. The molecule has 0 atom stereocenters. The molecule has 0 heterocycles. The van der Waals surface area contributed by atoms with Crippen molar-refractivity contribution in [2.45, 2.75) is 13.5 Å². The Morgan fingerprint density at radius 3 is 2.70 bits per heavy atom. The third-order valence-corrected chi connectivity index (χ3v) is 3.50. The summed E-state index contributed by atoms with van der Waals surface area (Å²) in [6, 6.07) is 11.8. The van der Waals surface area contributed by atoms with Gasteiger partial charge in [0.1, 0.15) is 5.82 Å². The van der Waals surface area contributed by atoms with Crippen molar-refractivity contribution in [3.8, 4) is 0 Å². The van der Waals surface area contributed by atoms with Crippen LogP contribution >= 0.6 is 22.6 Å². The molecule has 0 spiro atoms. The van der Waals surface area contributed by atoms with E-state index in [0.29, 0.717) is 5.56 Å². The van der Waals surface area contributed by atoms with Crippen molar-refractivity contribution in [3.05, 3.63) is 63.0 Å². The van der Waals surface area contributed by atoms with Gasteiger partial charge >= 0.3 is 6.03 Å². The summed E-state index contributed by atoms with van der Waals surface area (Å²) < 4.78 is 14.5. The molecule has 2 aromatic rings. The zero-order valence-corrected chi connectivity index (χ0v) is 13.1. The molecule has 0 aliphatic rings. The third kappa shape index (κ3) is 3.93. The van der Waals surface area contributed by atoms with E-state index in [2.05, 4.69) is 33.2 Å². The van der Waals surface area contributed by atoms with Crippen LogP contribution in [0.15, 0.2) is 42.5 Å². The van der Waals surface area contributed by atoms with Gasteiger partial charge in [-0.25, -0.2) is 9.18 Å². The van der Waals surface area contributed by atoms with E-state index >= 15 is 0 Å². The van der Waals surface area contributed by atoms with Gasteiger partial charge in [0.05, 0.1) is 0 Å². The van der Waals surface area contributed by atoms with Gasteiger partial charge in [-0.3, -0.25) is 0 Å². The molecule has 2 rings (SSSR count). The molecule has 20 heavy (non-hydrogen) atoms. The van der Waals surface area contributed by atoms with Crippen LogP contribution in [-0.2, 0) is 6.54 Å². The van der Waals surface area contributed by atoms with Gasteiger partial charge in [0.15, 0.2) is 0 Å².